The third-order valence-electron chi connectivity index (χ3n) is 2.27. The van der Waals surface area contributed by atoms with Crippen LogP contribution in [0.4, 0.5) is 5.69 Å². The highest BCUT2D eigenvalue weighted by molar-refractivity contribution is 6.30. The SMILES string of the molecule is C=CCOC(C)C(=O)OCC(=O)Nc1ccc(Cl)cc1. The summed E-state index contributed by atoms with van der Waals surface area (Å²) in [5, 5.41) is 3.15. The number of carbonyl (C=O) groups is 2. The first kappa shape index (κ1) is 16.2. The van der Waals surface area contributed by atoms with Crippen LogP contribution in [0.15, 0.2) is 36.9 Å². The van der Waals surface area contributed by atoms with Crippen molar-refractivity contribution in [1.82, 2.24) is 0 Å². The van der Waals surface area contributed by atoms with Gasteiger partial charge in [0.25, 0.3) is 5.91 Å². The van der Waals surface area contributed by atoms with Gasteiger partial charge in [-0.2, -0.15) is 0 Å². The second-order valence-corrected chi connectivity index (χ2v) is 4.36. The van der Waals surface area contributed by atoms with Gasteiger partial charge in [-0.3, -0.25) is 4.79 Å². The minimum absolute atomic E-state index is 0.243. The summed E-state index contributed by atoms with van der Waals surface area (Å²) in [6, 6.07) is 6.60. The molecule has 1 N–H and O–H groups in total. The Balaban J connectivity index is 2.34. The number of rotatable bonds is 7. The van der Waals surface area contributed by atoms with E-state index in [2.05, 4.69) is 11.9 Å². The molecule has 20 heavy (non-hydrogen) atoms. The minimum atomic E-state index is -0.740. The molecule has 0 aliphatic heterocycles. The first-order valence-corrected chi connectivity index (χ1v) is 6.35. The van der Waals surface area contributed by atoms with Gasteiger partial charge in [0.05, 0.1) is 6.61 Å². The number of nitrogens with one attached hydrogen (secondary N) is 1. The maximum Gasteiger partial charge on any atom is 0.335 e. The molecule has 1 rings (SSSR count). The molecule has 0 spiro atoms. The second kappa shape index (κ2) is 8.35. The molecule has 0 bridgehead atoms. The van der Waals surface area contributed by atoms with Crippen molar-refractivity contribution < 1.29 is 19.1 Å². The van der Waals surface area contributed by atoms with Gasteiger partial charge >= 0.3 is 5.97 Å². The van der Waals surface area contributed by atoms with E-state index < -0.39 is 18.0 Å². The lowest BCUT2D eigenvalue weighted by atomic mass is 10.3. The van der Waals surface area contributed by atoms with Crippen molar-refractivity contribution >= 4 is 29.2 Å². The lowest BCUT2D eigenvalue weighted by Gasteiger charge is -2.11. The Morgan fingerprint density at radius 1 is 1.40 bits per heavy atom. The van der Waals surface area contributed by atoms with Gasteiger partial charge in [-0.1, -0.05) is 17.7 Å². The third kappa shape index (κ3) is 5.86. The summed E-state index contributed by atoms with van der Waals surface area (Å²) in [5.74, 6) is -1.03. The van der Waals surface area contributed by atoms with E-state index in [0.29, 0.717) is 10.7 Å². The number of ether oxygens (including phenoxy) is 2. The van der Waals surface area contributed by atoms with E-state index >= 15 is 0 Å². The molecule has 0 aromatic heterocycles. The average Bonchev–Trinajstić information content (AvgIpc) is 2.44. The maximum absolute atomic E-state index is 11.6. The van der Waals surface area contributed by atoms with E-state index in [1.807, 2.05) is 0 Å². The lowest BCUT2D eigenvalue weighted by Crippen LogP contribution is -2.28. The highest BCUT2D eigenvalue weighted by Gasteiger charge is 2.15. The van der Waals surface area contributed by atoms with Gasteiger partial charge in [0, 0.05) is 10.7 Å². The fraction of sp³-hybridized carbons (Fsp3) is 0.286. The molecule has 1 amide bonds. The van der Waals surface area contributed by atoms with Crippen LogP contribution >= 0.6 is 11.6 Å². The molecule has 6 heteroatoms. The molecule has 0 heterocycles. The predicted molar refractivity (Wildman–Crippen MR) is 76.7 cm³/mol. The summed E-state index contributed by atoms with van der Waals surface area (Å²) in [7, 11) is 0. The first-order valence-electron chi connectivity index (χ1n) is 5.97. The highest BCUT2D eigenvalue weighted by Crippen LogP contribution is 2.13. The summed E-state index contributed by atoms with van der Waals surface area (Å²) >= 11 is 5.72. The number of esters is 1. The summed E-state index contributed by atoms with van der Waals surface area (Å²) in [5.41, 5.74) is 0.575. The fourth-order valence-corrected chi connectivity index (χ4v) is 1.39. The Labute approximate surface area is 122 Å². The van der Waals surface area contributed by atoms with Gasteiger partial charge in [-0.25, -0.2) is 4.79 Å². The molecule has 0 saturated carbocycles. The lowest BCUT2D eigenvalue weighted by molar-refractivity contribution is -0.157. The van der Waals surface area contributed by atoms with Crippen LogP contribution in [-0.4, -0.2) is 31.2 Å². The summed E-state index contributed by atoms with van der Waals surface area (Å²) in [6.07, 6.45) is 0.785. The van der Waals surface area contributed by atoms with Crippen LogP contribution < -0.4 is 5.32 Å². The molecular formula is C14H16ClNO4. The van der Waals surface area contributed by atoms with Gasteiger partial charge < -0.3 is 14.8 Å². The molecule has 0 fully saturated rings. The summed E-state index contributed by atoms with van der Waals surface area (Å²) in [4.78, 5) is 23.0. The largest absolute Gasteiger partial charge is 0.454 e. The van der Waals surface area contributed by atoms with Crippen molar-refractivity contribution in [3.05, 3.63) is 41.9 Å². The van der Waals surface area contributed by atoms with Crippen LogP contribution in [0, 0.1) is 0 Å². The number of carbonyl (C=O) groups excluding carboxylic acids is 2. The van der Waals surface area contributed by atoms with Gasteiger partial charge in [-0.05, 0) is 31.2 Å². The van der Waals surface area contributed by atoms with Gasteiger partial charge in [0.1, 0.15) is 0 Å². The van der Waals surface area contributed by atoms with E-state index in [1.165, 1.54) is 6.08 Å². The van der Waals surface area contributed by atoms with E-state index in [0.717, 1.165) is 0 Å². The van der Waals surface area contributed by atoms with Crippen molar-refractivity contribution in [2.24, 2.45) is 0 Å². The smallest absolute Gasteiger partial charge is 0.335 e. The van der Waals surface area contributed by atoms with Crippen molar-refractivity contribution in [3.63, 3.8) is 0 Å². The molecule has 5 nitrogen and oxygen atoms in total. The molecule has 1 aromatic rings. The highest BCUT2D eigenvalue weighted by atomic mass is 35.5. The molecule has 0 aliphatic rings. The molecule has 1 unspecified atom stereocenters. The van der Waals surface area contributed by atoms with Crippen LogP contribution in [0.1, 0.15) is 6.92 Å². The van der Waals surface area contributed by atoms with E-state index in [-0.39, 0.29) is 13.2 Å². The first-order chi connectivity index (χ1) is 9.52. The molecule has 108 valence electrons. The normalized spacial score (nSPS) is 11.5. The zero-order valence-corrected chi connectivity index (χ0v) is 11.9. The van der Waals surface area contributed by atoms with E-state index in [1.54, 1.807) is 31.2 Å². The molecule has 0 radical (unpaired) electrons. The van der Waals surface area contributed by atoms with Crippen molar-refractivity contribution in [2.45, 2.75) is 13.0 Å². The van der Waals surface area contributed by atoms with E-state index in [4.69, 9.17) is 21.1 Å². The molecule has 0 saturated heterocycles. The number of amides is 1. The Bertz CT molecular complexity index is 473. The van der Waals surface area contributed by atoms with Crippen LogP contribution in [0.25, 0.3) is 0 Å². The maximum atomic E-state index is 11.6. The third-order valence-corrected chi connectivity index (χ3v) is 2.52. The predicted octanol–water partition coefficient (Wildman–Crippen LogP) is 2.41. The van der Waals surface area contributed by atoms with Crippen molar-refractivity contribution in [1.29, 1.82) is 0 Å². The van der Waals surface area contributed by atoms with Gasteiger partial charge in [0.15, 0.2) is 12.7 Å². The topological polar surface area (TPSA) is 64.6 Å². The zero-order chi connectivity index (χ0) is 15.0. The number of halogens is 1. The van der Waals surface area contributed by atoms with Crippen molar-refractivity contribution in [3.8, 4) is 0 Å². The Hall–Kier alpha value is -1.85. The summed E-state index contributed by atoms with van der Waals surface area (Å²) < 4.78 is 9.90. The van der Waals surface area contributed by atoms with Crippen molar-refractivity contribution in [2.75, 3.05) is 18.5 Å². The number of hydrogen-bond acceptors (Lipinski definition) is 4. The van der Waals surface area contributed by atoms with Crippen LogP contribution in [0.5, 0.6) is 0 Å². The summed E-state index contributed by atoms with van der Waals surface area (Å²) in [6.45, 7) is 4.88. The molecule has 1 aromatic carbocycles. The average molecular weight is 298 g/mol. The molecule has 0 aliphatic carbocycles. The second-order valence-electron chi connectivity index (χ2n) is 3.93. The Kier molecular flexibility index (Phi) is 6.76. The minimum Gasteiger partial charge on any atom is -0.454 e. The zero-order valence-electron chi connectivity index (χ0n) is 11.1. The quantitative estimate of drug-likeness (QED) is 0.620. The van der Waals surface area contributed by atoms with Gasteiger partial charge in [-0.15, -0.1) is 6.58 Å². The van der Waals surface area contributed by atoms with Gasteiger partial charge in [0.2, 0.25) is 0 Å². The standard InChI is InChI=1S/C14H16ClNO4/c1-3-8-19-10(2)14(18)20-9-13(17)16-12-6-4-11(15)5-7-12/h3-7,10H,1,8-9H2,2H3,(H,16,17). The van der Waals surface area contributed by atoms with Crippen LogP contribution in [0.2, 0.25) is 5.02 Å². The molecular weight excluding hydrogens is 282 g/mol. The Morgan fingerprint density at radius 3 is 2.65 bits per heavy atom. The Morgan fingerprint density at radius 2 is 2.05 bits per heavy atom. The monoisotopic (exact) mass is 297 g/mol. The number of hydrogen-bond donors (Lipinski definition) is 1. The van der Waals surface area contributed by atoms with E-state index in [9.17, 15) is 9.59 Å². The molecule has 1 atom stereocenters. The number of benzene rings is 1. The fourth-order valence-electron chi connectivity index (χ4n) is 1.26. The van der Waals surface area contributed by atoms with Crippen LogP contribution in [-0.2, 0) is 19.1 Å². The number of anilines is 1. The van der Waals surface area contributed by atoms with Crippen LogP contribution in [0.3, 0.4) is 0 Å².